The lowest BCUT2D eigenvalue weighted by atomic mass is 10.1. The van der Waals surface area contributed by atoms with Gasteiger partial charge >= 0.3 is 0 Å². The molecule has 0 unspecified atom stereocenters. The summed E-state index contributed by atoms with van der Waals surface area (Å²) in [5.74, 6) is 0.845. The van der Waals surface area contributed by atoms with Gasteiger partial charge in [0.1, 0.15) is 5.75 Å². The summed E-state index contributed by atoms with van der Waals surface area (Å²) in [6.07, 6.45) is 0. The Morgan fingerprint density at radius 2 is 2.15 bits per heavy atom. The Morgan fingerprint density at radius 1 is 1.46 bits per heavy atom. The van der Waals surface area contributed by atoms with Crippen molar-refractivity contribution in [3.8, 4) is 5.75 Å². The second-order valence-electron chi connectivity index (χ2n) is 2.92. The van der Waals surface area contributed by atoms with Crippen LogP contribution in [0.5, 0.6) is 5.75 Å². The normalized spacial score (nSPS) is 10.2. The number of hydrogen-bond donors (Lipinski definition) is 1. The van der Waals surface area contributed by atoms with Crippen molar-refractivity contribution in [3.05, 3.63) is 28.3 Å². The first-order chi connectivity index (χ1) is 6.19. The zero-order chi connectivity index (χ0) is 9.84. The zero-order valence-electron chi connectivity index (χ0n) is 8.15. The topological polar surface area (TPSA) is 21.3 Å². The fourth-order valence-corrected chi connectivity index (χ4v) is 1.52. The third-order valence-corrected chi connectivity index (χ3v) is 2.24. The first kappa shape index (κ1) is 10.4. The molecule has 0 radical (unpaired) electrons. The van der Waals surface area contributed by atoms with Gasteiger partial charge in [0.15, 0.2) is 0 Å². The highest BCUT2D eigenvalue weighted by Gasteiger charge is 2.05. The second-order valence-corrected chi connectivity index (χ2v) is 3.36. The molecule has 0 saturated heterocycles. The molecule has 13 heavy (non-hydrogen) atoms. The zero-order valence-corrected chi connectivity index (χ0v) is 8.90. The minimum absolute atomic E-state index is 0.715. The Balaban J connectivity index is 3.11. The van der Waals surface area contributed by atoms with Crippen LogP contribution in [0.4, 0.5) is 0 Å². The van der Waals surface area contributed by atoms with Gasteiger partial charge in [-0.3, -0.25) is 0 Å². The molecule has 72 valence electrons. The number of rotatable bonds is 3. The SMILES string of the molecule is CNCc1cc(Cl)cc(OC)c1C. The number of ether oxygens (including phenoxy) is 1. The highest BCUT2D eigenvalue weighted by atomic mass is 35.5. The van der Waals surface area contributed by atoms with E-state index in [1.807, 2.05) is 26.1 Å². The van der Waals surface area contributed by atoms with Crippen molar-refractivity contribution in [3.63, 3.8) is 0 Å². The molecule has 0 atom stereocenters. The van der Waals surface area contributed by atoms with Crippen LogP contribution < -0.4 is 10.1 Å². The summed E-state index contributed by atoms with van der Waals surface area (Å²) in [5.41, 5.74) is 2.31. The van der Waals surface area contributed by atoms with E-state index in [9.17, 15) is 0 Å². The molecule has 1 aromatic rings. The van der Waals surface area contributed by atoms with Crippen LogP contribution in [0.1, 0.15) is 11.1 Å². The summed E-state index contributed by atoms with van der Waals surface area (Å²) in [5, 5.41) is 3.80. The van der Waals surface area contributed by atoms with Crippen molar-refractivity contribution in [2.45, 2.75) is 13.5 Å². The van der Waals surface area contributed by atoms with Crippen LogP contribution in [-0.2, 0) is 6.54 Å². The van der Waals surface area contributed by atoms with Crippen molar-refractivity contribution in [1.29, 1.82) is 0 Å². The van der Waals surface area contributed by atoms with Crippen molar-refractivity contribution >= 4 is 11.6 Å². The van der Waals surface area contributed by atoms with E-state index >= 15 is 0 Å². The van der Waals surface area contributed by atoms with E-state index in [4.69, 9.17) is 16.3 Å². The largest absolute Gasteiger partial charge is 0.496 e. The monoisotopic (exact) mass is 199 g/mol. The third-order valence-electron chi connectivity index (χ3n) is 2.02. The van der Waals surface area contributed by atoms with Crippen LogP contribution in [0.15, 0.2) is 12.1 Å². The number of hydrogen-bond acceptors (Lipinski definition) is 2. The Kier molecular flexibility index (Phi) is 3.58. The molecule has 0 saturated carbocycles. The lowest BCUT2D eigenvalue weighted by Gasteiger charge is -2.10. The Hall–Kier alpha value is -0.730. The molecule has 0 bridgehead atoms. The van der Waals surface area contributed by atoms with E-state index in [1.54, 1.807) is 7.11 Å². The maximum Gasteiger partial charge on any atom is 0.123 e. The number of benzene rings is 1. The van der Waals surface area contributed by atoms with Crippen LogP contribution in [0.25, 0.3) is 0 Å². The first-order valence-corrected chi connectivity index (χ1v) is 4.54. The molecular formula is C10H14ClNO. The molecule has 0 aliphatic heterocycles. The van der Waals surface area contributed by atoms with E-state index in [1.165, 1.54) is 5.56 Å². The Morgan fingerprint density at radius 3 is 2.69 bits per heavy atom. The highest BCUT2D eigenvalue weighted by Crippen LogP contribution is 2.26. The van der Waals surface area contributed by atoms with E-state index in [0.29, 0.717) is 5.02 Å². The predicted molar refractivity (Wildman–Crippen MR) is 55.5 cm³/mol. The van der Waals surface area contributed by atoms with Crippen LogP contribution in [0, 0.1) is 6.92 Å². The molecule has 1 rings (SSSR count). The van der Waals surface area contributed by atoms with Gasteiger partial charge < -0.3 is 10.1 Å². The number of halogens is 1. The van der Waals surface area contributed by atoms with Crippen LogP contribution in [0.2, 0.25) is 5.02 Å². The minimum atomic E-state index is 0.715. The third kappa shape index (κ3) is 2.36. The number of methoxy groups -OCH3 is 1. The van der Waals surface area contributed by atoms with E-state index in [2.05, 4.69) is 5.32 Å². The average molecular weight is 200 g/mol. The smallest absolute Gasteiger partial charge is 0.123 e. The summed E-state index contributed by atoms with van der Waals surface area (Å²) in [6.45, 7) is 2.84. The molecule has 0 aromatic heterocycles. The van der Waals surface area contributed by atoms with Gasteiger partial charge in [0, 0.05) is 11.6 Å². The van der Waals surface area contributed by atoms with Gasteiger partial charge in [-0.25, -0.2) is 0 Å². The Bertz CT molecular complexity index is 299. The minimum Gasteiger partial charge on any atom is -0.496 e. The molecular weight excluding hydrogens is 186 g/mol. The molecule has 0 fully saturated rings. The molecule has 1 N–H and O–H groups in total. The van der Waals surface area contributed by atoms with E-state index < -0.39 is 0 Å². The van der Waals surface area contributed by atoms with Gasteiger partial charge in [-0.2, -0.15) is 0 Å². The van der Waals surface area contributed by atoms with Gasteiger partial charge in [0.25, 0.3) is 0 Å². The lowest BCUT2D eigenvalue weighted by Crippen LogP contribution is -2.07. The van der Waals surface area contributed by atoms with Crippen LogP contribution in [0.3, 0.4) is 0 Å². The van der Waals surface area contributed by atoms with Crippen molar-refractivity contribution in [2.75, 3.05) is 14.2 Å². The van der Waals surface area contributed by atoms with E-state index in [-0.39, 0.29) is 0 Å². The quantitative estimate of drug-likeness (QED) is 0.807. The fourth-order valence-electron chi connectivity index (χ4n) is 1.29. The highest BCUT2D eigenvalue weighted by molar-refractivity contribution is 6.30. The van der Waals surface area contributed by atoms with Gasteiger partial charge in [-0.1, -0.05) is 11.6 Å². The summed E-state index contributed by atoms with van der Waals surface area (Å²) in [4.78, 5) is 0. The van der Waals surface area contributed by atoms with E-state index in [0.717, 1.165) is 17.9 Å². The second kappa shape index (κ2) is 4.49. The van der Waals surface area contributed by atoms with Gasteiger partial charge in [-0.15, -0.1) is 0 Å². The van der Waals surface area contributed by atoms with Gasteiger partial charge in [0.2, 0.25) is 0 Å². The average Bonchev–Trinajstić information content (AvgIpc) is 2.11. The van der Waals surface area contributed by atoms with Crippen molar-refractivity contribution < 1.29 is 4.74 Å². The molecule has 0 amide bonds. The maximum atomic E-state index is 5.93. The maximum absolute atomic E-state index is 5.93. The molecule has 2 nitrogen and oxygen atoms in total. The van der Waals surface area contributed by atoms with Crippen molar-refractivity contribution in [1.82, 2.24) is 5.32 Å². The van der Waals surface area contributed by atoms with Crippen LogP contribution >= 0.6 is 11.6 Å². The fraction of sp³-hybridized carbons (Fsp3) is 0.400. The lowest BCUT2D eigenvalue weighted by molar-refractivity contribution is 0.411. The summed E-state index contributed by atoms with van der Waals surface area (Å²) >= 11 is 5.93. The summed E-state index contributed by atoms with van der Waals surface area (Å²) in [6, 6.07) is 3.78. The summed E-state index contributed by atoms with van der Waals surface area (Å²) < 4.78 is 5.20. The molecule has 1 aromatic carbocycles. The van der Waals surface area contributed by atoms with Crippen LogP contribution in [-0.4, -0.2) is 14.2 Å². The molecule has 0 aliphatic rings. The molecule has 0 spiro atoms. The molecule has 3 heteroatoms. The number of nitrogens with one attached hydrogen (secondary N) is 1. The standard InChI is InChI=1S/C10H14ClNO/c1-7-8(6-12-2)4-9(11)5-10(7)13-3/h4-5,12H,6H2,1-3H3. The van der Waals surface area contributed by atoms with Gasteiger partial charge in [0.05, 0.1) is 7.11 Å². The summed E-state index contributed by atoms with van der Waals surface area (Å²) in [7, 11) is 3.56. The van der Waals surface area contributed by atoms with Crippen molar-refractivity contribution in [2.24, 2.45) is 0 Å². The predicted octanol–water partition coefficient (Wildman–Crippen LogP) is 2.38. The Labute approximate surface area is 83.9 Å². The molecule has 0 aliphatic carbocycles. The van der Waals surface area contributed by atoms with Gasteiger partial charge in [-0.05, 0) is 37.2 Å². The molecule has 0 heterocycles. The first-order valence-electron chi connectivity index (χ1n) is 4.16.